The molecule has 2 aromatic rings. The van der Waals surface area contributed by atoms with Gasteiger partial charge in [-0.2, -0.15) is 0 Å². The number of nitrogens with two attached hydrogens (primary N) is 1. The topological polar surface area (TPSA) is 38.9 Å². The van der Waals surface area contributed by atoms with Crippen LogP contribution in [0.3, 0.4) is 0 Å². The third kappa shape index (κ3) is 1.32. The zero-order valence-electron chi connectivity index (χ0n) is 8.86. The third-order valence-electron chi connectivity index (χ3n) is 3.33. The SMILES string of the molecule is NC1CC(F)(c2cccc3cnccc23)C1. The lowest BCUT2D eigenvalue weighted by molar-refractivity contribution is 0.0421. The highest BCUT2D eigenvalue weighted by molar-refractivity contribution is 5.85. The standard InChI is InChI=1S/C13H13FN2/c14-13(6-10(15)7-13)12-3-1-2-9-8-16-5-4-11(9)12/h1-5,8,10H,6-7,15H2. The van der Waals surface area contributed by atoms with E-state index < -0.39 is 5.67 Å². The van der Waals surface area contributed by atoms with Gasteiger partial charge in [-0.15, -0.1) is 0 Å². The van der Waals surface area contributed by atoms with Crippen molar-refractivity contribution in [2.75, 3.05) is 0 Å². The fourth-order valence-corrected chi connectivity index (χ4v) is 2.50. The van der Waals surface area contributed by atoms with Gasteiger partial charge in [-0.1, -0.05) is 18.2 Å². The summed E-state index contributed by atoms with van der Waals surface area (Å²) in [5.41, 5.74) is 5.21. The molecule has 2 nitrogen and oxygen atoms in total. The largest absolute Gasteiger partial charge is 0.327 e. The van der Waals surface area contributed by atoms with Crippen molar-refractivity contribution in [3.05, 3.63) is 42.2 Å². The van der Waals surface area contributed by atoms with Crippen LogP contribution in [0.5, 0.6) is 0 Å². The van der Waals surface area contributed by atoms with E-state index in [1.165, 1.54) is 0 Å². The Morgan fingerprint density at radius 3 is 2.88 bits per heavy atom. The van der Waals surface area contributed by atoms with Crippen LogP contribution >= 0.6 is 0 Å². The molecule has 1 fully saturated rings. The van der Waals surface area contributed by atoms with Gasteiger partial charge in [0.15, 0.2) is 0 Å². The first-order valence-electron chi connectivity index (χ1n) is 5.47. The van der Waals surface area contributed by atoms with Crippen molar-refractivity contribution in [3.63, 3.8) is 0 Å². The number of halogens is 1. The second-order valence-corrected chi connectivity index (χ2v) is 4.54. The Balaban J connectivity index is 2.17. The van der Waals surface area contributed by atoms with Gasteiger partial charge < -0.3 is 5.73 Å². The van der Waals surface area contributed by atoms with Crippen LogP contribution in [0.2, 0.25) is 0 Å². The maximum atomic E-state index is 14.5. The van der Waals surface area contributed by atoms with E-state index in [1.54, 1.807) is 12.4 Å². The Morgan fingerprint density at radius 1 is 1.31 bits per heavy atom. The molecule has 16 heavy (non-hydrogen) atoms. The fraction of sp³-hybridized carbons (Fsp3) is 0.308. The van der Waals surface area contributed by atoms with Gasteiger partial charge in [0.25, 0.3) is 0 Å². The van der Waals surface area contributed by atoms with E-state index in [2.05, 4.69) is 4.98 Å². The van der Waals surface area contributed by atoms with Crippen LogP contribution in [-0.4, -0.2) is 11.0 Å². The van der Waals surface area contributed by atoms with E-state index in [9.17, 15) is 4.39 Å². The molecule has 1 aliphatic carbocycles. The molecule has 0 atom stereocenters. The number of rotatable bonds is 1. The Hall–Kier alpha value is -1.48. The molecule has 1 aliphatic rings. The van der Waals surface area contributed by atoms with Crippen molar-refractivity contribution in [2.45, 2.75) is 24.6 Å². The first-order valence-corrected chi connectivity index (χ1v) is 5.47. The highest BCUT2D eigenvalue weighted by atomic mass is 19.1. The third-order valence-corrected chi connectivity index (χ3v) is 3.33. The number of benzene rings is 1. The fourth-order valence-electron chi connectivity index (χ4n) is 2.50. The molecule has 1 heterocycles. The van der Waals surface area contributed by atoms with Crippen molar-refractivity contribution < 1.29 is 4.39 Å². The lowest BCUT2D eigenvalue weighted by Gasteiger charge is -2.40. The van der Waals surface area contributed by atoms with Crippen LogP contribution in [0.25, 0.3) is 10.8 Å². The highest BCUT2D eigenvalue weighted by Crippen LogP contribution is 2.46. The first-order chi connectivity index (χ1) is 7.69. The van der Waals surface area contributed by atoms with Gasteiger partial charge in [-0.3, -0.25) is 4.98 Å². The average Bonchev–Trinajstić information content (AvgIpc) is 2.26. The molecular weight excluding hydrogens is 203 g/mol. The lowest BCUT2D eigenvalue weighted by Crippen LogP contribution is -2.46. The van der Waals surface area contributed by atoms with Gasteiger partial charge >= 0.3 is 0 Å². The second kappa shape index (κ2) is 3.25. The number of pyridine rings is 1. The summed E-state index contributed by atoms with van der Waals surface area (Å²) in [5.74, 6) is 0. The van der Waals surface area contributed by atoms with Crippen LogP contribution < -0.4 is 5.73 Å². The number of aromatic nitrogens is 1. The minimum absolute atomic E-state index is 0.00194. The van der Waals surface area contributed by atoms with Gasteiger partial charge in [0.05, 0.1) is 0 Å². The normalized spacial score (nSPS) is 29.0. The number of nitrogens with zero attached hydrogens (tertiary/aromatic N) is 1. The monoisotopic (exact) mass is 216 g/mol. The van der Waals surface area contributed by atoms with Gasteiger partial charge in [0.2, 0.25) is 0 Å². The molecule has 0 bridgehead atoms. The molecular formula is C13H13FN2. The molecule has 1 aromatic heterocycles. The molecule has 82 valence electrons. The zero-order chi connectivity index (χ0) is 11.2. The maximum Gasteiger partial charge on any atom is 0.139 e. The van der Waals surface area contributed by atoms with E-state index in [-0.39, 0.29) is 6.04 Å². The minimum atomic E-state index is -1.24. The highest BCUT2D eigenvalue weighted by Gasteiger charge is 2.45. The molecule has 0 amide bonds. The van der Waals surface area contributed by atoms with Crippen LogP contribution in [0.4, 0.5) is 4.39 Å². The molecule has 0 unspecified atom stereocenters. The molecule has 2 N–H and O–H groups in total. The van der Waals surface area contributed by atoms with E-state index in [4.69, 9.17) is 5.73 Å². The van der Waals surface area contributed by atoms with Gasteiger partial charge in [0.1, 0.15) is 5.67 Å². The Bertz CT molecular complexity index is 527. The number of hydrogen-bond acceptors (Lipinski definition) is 2. The summed E-state index contributed by atoms with van der Waals surface area (Å²) in [6, 6.07) is 7.56. The van der Waals surface area contributed by atoms with Crippen molar-refractivity contribution >= 4 is 10.8 Å². The van der Waals surface area contributed by atoms with Gasteiger partial charge in [-0.25, -0.2) is 4.39 Å². The molecule has 1 saturated carbocycles. The quantitative estimate of drug-likeness (QED) is 0.795. The number of alkyl halides is 1. The Labute approximate surface area is 93.3 Å². The Kier molecular flexibility index (Phi) is 1.98. The zero-order valence-corrected chi connectivity index (χ0v) is 8.86. The molecule has 0 radical (unpaired) electrons. The van der Waals surface area contributed by atoms with E-state index in [1.807, 2.05) is 24.3 Å². The average molecular weight is 216 g/mol. The summed E-state index contributed by atoms with van der Waals surface area (Å²) < 4.78 is 14.5. The molecule has 3 heteroatoms. The second-order valence-electron chi connectivity index (χ2n) is 4.54. The number of fused-ring (bicyclic) bond motifs is 1. The summed E-state index contributed by atoms with van der Waals surface area (Å²) in [4.78, 5) is 4.05. The molecule has 1 aromatic carbocycles. The van der Waals surface area contributed by atoms with Gasteiger partial charge in [0, 0.05) is 36.7 Å². The lowest BCUT2D eigenvalue weighted by atomic mass is 9.72. The van der Waals surface area contributed by atoms with Crippen molar-refractivity contribution in [1.29, 1.82) is 0 Å². The van der Waals surface area contributed by atoms with E-state index in [0.717, 1.165) is 16.3 Å². The van der Waals surface area contributed by atoms with Gasteiger partial charge in [-0.05, 0) is 17.0 Å². The van der Waals surface area contributed by atoms with Crippen molar-refractivity contribution in [2.24, 2.45) is 5.73 Å². The molecule has 0 aliphatic heterocycles. The summed E-state index contributed by atoms with van der Waals surface area (Å²) in [6.45, 7) is 0. The summed E-state index contributed by atoms with van der Waals surface area (Å²) in [7, 11) is 0. The summed E-state index contributed by atoms with van der Waals surface area (Å²) >= 11 is 0. The van der Waals surface area contributed by atoms with Crippen molar-refractivity contribution in [1.82, 2.24) is 4.98 Å². The summed E-state index contributed by atoms with van der Waals surface area (Å²) in [5, 5.41) is 1.93. The van der Waals surface area contributed by atoms with E-state index in [0.29, 0.717) is 12.8 Å². The van der Waals surface area contributed by atoms with Crippen LogP contribution in [-0.2, 0) is 5.67 Å². The predicted molar refractivity (Wildman–Crippen MR) is 61.7 cm³/mol. The van der Waals surface area contributed by atoms with E-state index >= 15 is 0 Å². The maximum absolute atomic E-state index is 14.5. The Morgan fingerprint density at radius 2 is 2.12 bits per heavy atom. The smallest absolute Gasteiger partial charge is 0.139 e. The molecule has 3 rings (SSSR count). The van der Waals surface area contributed by atoms with Crippen LogP contribution in [0, 0.1) is 0 Å². The minimum Gasteiger partial charge on any atom is -0.327 e. The molecule has 0 spiro atoms. The summed E-state index contributed by atoms with van der Waals surface area (Å²) in [6.07, 6.45) is 4.32. The van der Waals surface area contributed by atoms with Crippen molar-refractivity contribution in [3.8, 4) is 0 Å². The molecule has 0 saturated heterocycles. The van der Waals surface area contributed by atoms with Crippen LogP contribution in [0.1, 0.15) is 18.4 Å². The first kappa shape index (κ1) is 9.73. The van der Waals surface area contributed by atoms with Crippen LogP contribution in [0.15, 0.2) is 36.7 Å². The number of hydrogen-bond donors (Lipinski definition) is 1. The predicted octanol–water partition coefficient (Wildman–Crippen LogP) is 2.52.